The number of aromatic nitrogens is 3. The summed E-state index contributed by atoms with van der Waals surface area (Å²) in [6, 6.07) is 8.84. The summed E-state index contributed by atoms with van der Waals surface area (Å²) in [6.45, 7) is 0. The number of nitrogens with zero attached hydrogens (tertiary/aromatic N) is 2. The Bertz CT molecular complexity index is 982. The summed E-state index contributed by atoms with van der Waals surface area (Å²) >= 11 is 0. The van der Waals surface area contributed by atoms with Gasteiger partial charge in [0.1, 0.15) is 11.3 Å². The molecule has 0 radical (unpaired) electrons. The Morgan fingerprint density at radius 2 is 2.16 bits per heavy atom. The van der Waals surface area contributed by atoms with Gasteiger partial charge < -0.3 is 20.6 Å². The van der Waals surface area contributed by atoms with Crippen molar-refractivity contribution in [2.24, 2.45) is 5.73 Å². The second-order valence-electron chi connectivity index (χ2n) is 6.42. The minimum Gasteiger partial charge on any atom is -0.507 e. The maximum absolute atomic E-state index is 12.1. The summed E-state index contributed by atoms with van der Waals surface area (Å²) in [5.41, 5.74) is 9.06. The van der Waals surface area contributed by atoms with E-state index in [0.29, 0.717) is 36.2 Å². The maximum Gasteiger partial charge on any atom is 0.326 e. The summed E-state index contributed by atoms with van der Waals surface area (Å²) in [5.74, 6) is -0.265. The van der Waals surface area contributed by atoms with Crippen molar-refractivity contribution in [1.82, 2.24) is 15.2 Å². The Kier molecular flexibility index (Phi) is 3.47. The molecule has 0 fully saturated rings. The number of H-pyrrole nitrogens is 1. The van der Waals surface area contributed by atoms with E-state index in [4.69, 9.17) is 10.5 Å². The largest absolute Gasteiger partial charge is 0.507 e. The molecule has 2 aromatic heterocycles. The number of phenols is 1. The van der Waals surface area contributed by atoms with Gasteiger partial charge in [-0.25, -0.2) is 0 Å². The topological polar surface area (TPSA) is 114 Å². The fourth-order valence-electron chi connectivity index (χ4n) is 3.46. The molecule has 1 aliphatic rings. The number of esters is 1. The lowest BCUT2D eigenvalue weighted by molar-refractivity contribution is -0.147. The second-order valence-corrected chi connectivity index (χ2v) is 6.42. The van der Waals surface area contributed by atoms with Gasteiger partial charge in [0, 0.05) is 23.1 Å². The average molecular weight is 338 g/mol. The van der Waals surface area contributed by atoms with Crippen LogP contribution in [0.1, 0.15) is 17.7 Å². The third kappa shape index (κ3) is 2.44. The molecular weight excluding hydrogens is 320 g/mol. The molecule has 7 nitrogen and oxygen atoms in total. The number of benzene rings is 1. The molecule has 0 amide bonds. The number of aromatic amines is 1. The molecule has 3 aromatic rings. The molecule has 128 valence electrons. The summed E-state index contributed by atoms with van der Waals surface area (Å²) in [6.07, 6.45) is 1.53. The minimum atomic E-state index is -1.03. The molecule has 0 bridgehead atoms. The first-order chi connectivity index (χ1) is 12.0. The fraction of sp³-hybridized carbons (Fsp3) is 0.278. The fourth-order valence-corrected chi connectivity index (χ4v) is 3.46. The van der Waals surface area contributed by atoms with E-state index >= 15 is 0 Å². The van der Waals surface area contributed by atoms with Crippen molar-refractivity contribution >= 4 is 17.0 Å². The van der Waals surface area contributed by atoms with Crippen molar-refractivity contribution in [2.75, 3.05) is 7.11 Å². The minimum absolute atomic E-state index is 0.142. The normalized spacial score (nSPS) is 19.6. The van der Waals surface area contributed by atoms with Crippen molar-refractivity contribution < 1.29 is 14.6 Å². The number of rotatable bonds is 2. The zero-order valence-electron chi connectivity index (χ0n) is 13.7. The Labute approximate surface area is 143 Å². The van der Waals surface area contributed by atoms with E-state index in [9.17, 15) is 9.90 Å². The van der Waals surface area contributed by atoms with Crippen LogP contribution in [0, 0.1) is 0 Å². The SMILES string of the molecule is COC(=O)[C@@]1(N)CCc2[nH]c3nnc(-c4ccccc4O)cc3c2C1. The van der Waals surface area contributed by atoms with Crippen molar-refractivity contribution in [2.45, 2.75) is 24.8 Å². The number of carbonyl (C=O) groups is 1. The predicted molar refractivity (Wildman–Crippen MR) is 91.9 cm³/mol. The number of fused-ring (bicyclic) bond motifs is 3. The van der Waals surface area contributed by atoms with Crippen molar-refractivity contribution in [3.8, 4) is 17.0 Å². The van der Waals surface area contributed by atoms with Gasteiger partial charge in [0.15, 0.2) is 5.65 Å². The Morgan fingerprint density at radius 3 is 2.92 bits per heavy atom. The summed E-state index contributed by atoms with van der Waals surface area (Å²) in [4.78, 5) is 15.3. The van der Waals surface area contributed by atoms with Crippen molar-refractivity contribution in [1.29, 1.82) is 0 Å². The summed E-state index contributed by atoms with van der Waals surface area (Å²) in [7, 11) is 1.35. The number of methoxy groups -OCH3 is 1. The quantitative estimate of drug-likeness (QED) is 0.613. The first-order valence-corrected chi connectivity index (χ1v) is 8.04. The smallest absolute Gasteiger partial charge is 0.326 e. The van der Waals surface area contributed by atoms with Gasteiger partial charge in [-0.15, -0.1) is 10.2 Å². The molecule has 25 heavy (non-hydrogen) atoms. The lowest BCUT2D eigenvalue weighted by atomic mass is 9.80. The van der Waals surface area contributed by atoms with Crippen LogP contribution in [0.4, 0.5) is 0 Å². The predicted octanol–water partition coefficient (Wildman–Crippen LogP) is 1.69. The number of aromatic hydroxyl groups is 1. The maximum atomic E-state index is 12.1. The van der Waals surface area contributed by atoms with Gasteiger partial charge in [0.2, 0.25) is 0 Å². The van der Waals surface area contributed by atoms with E-state index in [1.165, 1.54) is 7.11 Å². The zero-order chi connectivity index (χ0) is 17.6. The van der Waals surface area contributed by atoms with Crippen LogP contribution in [0.15, 0.2) is 30.3 Å². The third-order valence-corrected chi connectivity index (χ3v) is 4.84. The molecule has 0 aliphatic heterocycles. The number of carbonyl (C=O) groups excluding carboxylic acids is 1. The van der Waals surface area contributed by atoms with Gasteiger partial charge in [-0.3, -0.25) is 4.79 Å². The molecule has 1 aromatic carbocycles. The van der Waals surface area contributed by atoms with Crippen LogP contribution in [-0.4, -0.2) is 38.9 Å². The summed E-state index contributed by atoms with van der Waals surface area (Å²) in [5, 5.41) is 19.4. The van der Waals surface area contributed by atoms with E-state index in [1.807, 2.05) is 12.1 Å². The third-order valence-electron chi connectivity index (χ3n) is 4.84. The van der Waals surface area contributed by atoms with Crippen LogP contribution in [0.2, 0.25) is 0 Å². The number of hydrogen-bond donors (Lipinski definition) is 3. The molecule has 1 atom stereocenters. The number of nitrogens with one attached hydrogen (secondary N) is 1. The van der Waals surface area contributed by atoms with Crippen LogP contribution in [0.3, 0.4) is 0 Å². The highest BCUT2D eigenvalue weighted by Gasteiger charge is 2.40. The van der Waals surface area contributed by atoms with E-state index in [0.717, 1.165) is 16.6 Å². The average Bonchev–Trinajstić information content (AvgIpc) is 2.98. The number of hydrogen-bond acceptors (Lipinski definition) is 6. The molecule has 4 N–H and O–H groups in total. The van der Waals surface area contributed by atoms with E-state index in [1.54, 1.807) is 18.2 Å². The summed E-state index contributed by atoms with van der Waals surface area (Å²) < 4.78 is 4.87. The molecule has 4 rings (SSSR count). The number of ether oxygens (including phenoxy) is 1. The molecule has 0 saturated heterocycles. The number of para-hydroxylation sites is 1. The van der Waals surface area contributed by atoms with Gasteiger partial charge in [-0.05, 0) is 36.6 Å². The monoisotopic (exact) mass is 338 g/mol. The molecule has 1 aliphatic carbocycles. The highest BCUT2D eigenvalue weighted by molar-refractivity contribution is 5.88. The van der Waals surface area contributed by atoms with Crippen molar-refractivity contribution in [3.05, 3.63) is 41.6 Å². The lowest BCUT2D eigenvalue weighted by Gasteiger charge is -2.30. The van der Waals surface area contributed by atoms with E-state index in [-0.39, 0.29) is 5.75 Å². The van der Waals surface area contributed by atoms with Crippen LogP contribution in [0.25, 0.3) is 22.3 Å². The molecule has 7 heteroatoms. The number of aryl methyl sites for hydroxylation is 1. The van der Waals surface area contributed by atoms with Gasteiger partial charge in [-0.1, -0.05) is 12.1 Å². The van der Waals surface area contributed by atoms with Gasteiger partial charge in [0.05, 0.1) is 12.8 Å². The second kappa shape index (κ2) is 5.56. The highest BCUT2D eigenvalue weighted by atomic mass is 16.5. The van der Waals surface area contributed by atoms with Crippen LogP contribution < -0.4 is 5.73 Å². The van der Waals surface area contributed by atoms with Gasteiger partial charge in [0.25, 0.3) is 0 Å². The first-order valence-electron chi connectivity index (χ1n) is 8.04. The zero-order valence-corrected chi connectivity index (χ0v) is 13.7. The van der Waals surface area contributed by atoms with Crippen LogP contribution >= 0.6 is 0 Å². The molecule has 0 saturated carbocycles. The Balaban J connectivity index is 1.83. The number of nitrogens with two attached hydrogens (primary N) is 1. The highest BCUT2D eigenvalue weighted by Crippen LogP contribution is 2.35. The van der Waals surface area contributed by atoms with Crippen LogP contribution in [-0.2, 0) is 22.4 Å². The Hall–Kier alpha value is -2.93. The van der Waals surface area contributed by atoms with Gasteiger partial charge >= 0.3 is 5.97 Å². The van der Waals surface area contributed by atoms with Gasteiger partial charge in [-0.2, -0.15) is 0 Å². The van der Waals surface area contributed by atoms with Crippen LogP contribution in [0.5, 0.6) is 5.75 Å². The molecule has 2 heterocycles. The molecular formula is C18H18N4O3. The standard InChI is InChI=1S/C18H18N4O3/c1-25-17(24)18(19)7-6-13-12(9-18)11-8-14(21-22-16(11)20-13)10-4-2-3-5-15(10)23/h2-5,8,23H,6-7,9,19H2,1H3,(H,20,22)/t18-/m1/s1. The number of phenolic OH excluding ortho intramolecular Hbond substituents is 1. The molecule has 0 unspecified atom stereocenters. The molecule has 0 spiro atoms. The Morgan fingerprint density at radius 1 is 1.36 bits per heavy atom. The van der Waals surface area contributed by atoms with E-state index in [2.05, 4.69) is 15.2 Å². The lowest BCUT2D eigenvalue weighted by Crippen LogP contribution is -2.52. The van der Waals surface area contributed by atoms with E-state index < -0.39 is 11.5 Å². The van der Waals surface area contributed by atoms with Crippen molar-refractivity contribution in [3.63, 3.8) is 0 Å². The first kappa shape index (κ1) is 15.6.